The molecule has 30 heavy (non-hydrogen) atoms. The van der Waals surface area contributed by atoms with Gasteiger partial charge in [-0.1, -0.05) is 72.9 Å². The van der Waals surface area contributed by atoms with Crippen molar-refractivity contribution < 1.29 is 4.43 Å². The maximum atomic E-state index is 6.18. The van der Waals surface area contributed by atoms with E-state index in [1.54, 1.807) is 5.20 Å². The van der Waals surface area contributed by atoms with Crippen LogP contribution in [0, 0.1) is 10.4 Å². The summed E-state index contributed by atoms with van der Waals surface area (Å²) in [6.07, 6.45) is 10.7. The highest BCUT2D eigenvalue weighted by atomic mass is 28.4. The summed E-state index contributed by atoms with van der Waals surface area (Å²) >= 11 is 0. The zero-order valence-corrected chi connectivity index (χ0v) is 21.3. The van der Waals surface area contributed by atoms with E-state index in [4.69, 9.17) is 4.43 Å². The second-order valence-corrected chi connectivity index (χ2v) is 19.5. The lowest BCUT2D eigenvalue weighted by Gasteiger charge is -2.25. The Morgan fingerprint density at radius 1 is 0.933 bits per heavy atom. The summed E-state index contributed by atoms with van der Waals surface area (Å²) in [6.45, 7) is 14.9. The van der Waals surface area contributed by atoms with E-state index < -0.39 is 16.4 Å². The van der Waals surface area contributed by atoms with E-state index in [1.807, 2.05) is 0 Å². The van der Waals surface area contributed by atoms with Gasteiger partial charge in [-0.3, -0.25) is 0 Å². The normalized spacial score (nSPS) is 16.1. The molecule has 0 bridgehead atoms. The molecule has 2 aromatic rings. The lowest BCUT2D eigenvalue weighted by atomic mass is 9.95. The van der Waals surface area contributed by atoms with Crippen molar-refractivity contribution in [2.75, 3.05) is 6.61 Å². The third-order valence-corrected chi connectivity index (χ3v) is 10.8. The minimum Gasteiger partial charge on any atom is -0.418 e. The summed E-state index contributed by atoms with van der Waals surface area (Å²) in [5.41, 5.74) is 4.31. The van der Waals surface area contributed by atoms with Crippen molar-refractivity contribution in [2.45, 2.75) is 52.1 Å². The summed E-state index contributed by atoms with van der Waals surface area (Å²) < 4.78 is 6.18. The van der Waals surface area contributed by atoms with Crippen molar-refractivity contribution in [1.29, 1.82) is 0 Å². The molecular formula is C27H34OSi2. The summed E-state index contributed by atoms with van der Waals surface area (Å²) in [5, 5.41) is 7.01. The zero-order valence-electron chi connectivity index (χ0n) is 19.3. The summed E-state index contributed by atoms with van der Waals surface area (Å²) in [6, 6.07) is 14.6. The molecule has 0 saturated heterocycles. The predicted octanol–water partition coefficient (Wildman–Crippen LogP) is 5.73. The van der Waals surface area contributed by atoms with E-state index in [1.165, 1.54) is 43.6 Å². The number of rotatable bonds is 6. The number of hydrogen-bond donors (Lipinski definition) is 0. The van der Waals surface area contributed by atoms with Crippen LogP contribution in [0.2, 0.25) is 38.8 Å². The van der Waals surface area contributed by atoms with Crippen LogP contribution in [0.5, 0.6) is 0 Å². The van der Waals surface area contributed by atoms with Crippen molar-refractivity contribution in [3.05, 3.63) is 85.7 Å². The van der Waals surface area contributed by atoms with Gasteiger partial charge in [0.2, 0.25) is 0 Å². The first-order valence-corrected chi connectivity index (χ1v) is 17.8. The van der Waals surface area contributed by atoms with Crippen LogP contribution >= 0.6 is 0 Å². The molecule has 0 spiro atoms. The molecule has 1 nitrogen and oxygen atoms in total. The molecule has 0 saturated carbocycles. The van der Waals surface area contributed by atoms with Gasteiger partial charge in [-0.2, -0.15) is 0 Å². The van der Waals surface area contributed by atoms with E-state index in [0.717, 1.165) is 13.0 Å². The molecule has 4 rings (SSSR count). The van der Waals surface area contributed by atoms with Crippen molar-refractivity contribution in [2.24, 2.45) is 0 Å². The lowest BCUT2D eigenvalue weighted by molar-refractivity contribution is 0.332. The maximum Gasteiger partial charge on any atom is 0.183 e. The molecule has 2 aliphatic rings. The maximum absolute atomic E-state index is 6.18. The van der Waals surface area contributed by atoms with Gasteiger partial charge in [-0.25, -0.2) is 0 Å². The molecule has 0 unspecified atom stereocenters. The van der Waals surface area contributed by atoms with Crippen LogP contribution < -0.4 is 10.4 Å². The van der Waals surface area contributed by atoms with Crippen LogP contribution in [0.1, 0.15) is 24.5 Å². The smallest absolute Gasteiger partial charge is 0.183 e. The molecule has 0 aliphatic heterocycles. The second kappa shape index (κ2) is 7.95. The fourth-order valence-electron chi connectivity index (χ4n) is 4.57. The third kappa shape index (κ3) is 4.11. The van der Waals surface area contributed by atoms with Crippen molar-refractivity contribution in [1.82, 2.24) is 0 Å². The quantitative estimate of drug-likeness (QED) is 0.454. The molecule has 0 fully saturated rings. The first-order chi connectivity index (χ1) is 14.2. The molecular weight excluding hydrogens is 396 g/mol. The monoisotopic (exact) mass is 430 g/mol. The van der Waals surface area contributed by atoms with Gasteiger partial charge in [-0.15, -0.1) is 0 Å². The Bertz CT molecular complexity index is 1260. The molecule has 0 radical (unpaired) electrons. The zero-order chi connectivity index (χ0) is 21.5. The SMILES string of the molecule is CC=c1ccc2c(c1C1=CC([Si](C)(C)CCO[Si](C)(C)C)=CC1)C=c1ccccc1=2. The van der Waals surface area contributed by atoms with Crippen LogP contribution in [0.3, 0.4) is 0 Å². The van der Waals surface area contributed by atoms with Crippen LogP contribution in [0.25, 0.3) is 17.7 Å². The standard InChI is InChI=1S/C27H34OSi2/c1-7-20-13-15-25-24-11-9-8-10-21(24)19-26(25)27(20)22-12-14-23(18-22)30(5,6)17-16-28-29(2,3)4/h7-11,13-15,18-19H,12,16-17H2,1-6H3. The van der Waals surface area contributed by atoms with Gasteiger partial charge in [0, 0.05) is 6.61 Å². The number of benzene rings is 2. The summed E-state index contributed by atoms with van der Waals surface area (Å²) in [7, 11) is -2.94. The Morgan fingerprint density at radius 3 is 2.43 bits per heavy atom. The lowest BCUT2D eigenvalue weighted by Crippen LogP contribution is -2.33. The Balaban J connectivity index is 1.71. The fraction of sp³-hybridized carbons (Fsp3) is 0.333. The summed E-state index contributed by atoms with van der Waals surface area (Å²) in [5.74, 6) is 0. The molecule has 0 N–H and O–H groups in total. The van der Waals surface area contributed by atoms with Gasteiger partial charge >= 0.3 is 0 Å². The minimum atomic E-state index is -1.50. The van der Waals surface area contributed by atoms with Gasteiger partial charge in [0.05, 0.1) is 8.07 Å². The Morgan fingerprint density at radius 2 is 1.70 bits per heavy atom. The Kier molecular flexibility index (Phi) is 5.64. The van der Waals surface area contributed by atoms with Gasteiger partial charge in [0.15, 0.2) is 8.32 Å². The fourth-order valence-corrected chi connectivity index (χ4v) is 7.61. The van der Waals surface area contributed by atoms with E-state index >= 15 is 0 Å². The van der Waals surface area contributed by atoms with Crippen LogP contribution in [-0.2, 0) is 4.43 Å². The molecule has 0 aromatic heterocycles. The van der Waals surface area contributed by atoms with E-state index in [0.29, 0.717) is 0 Å². The number of fused-ring (bicyclic) bond motifs is 2. The predicted molar refractivity (Wildman–Crippen MR) is 136 cm³/mol. The van der Waals surface area contributed by atoms with Gasteiger partial charge in [0.1, 0.15) is 0 Å². The third-order valence-electron chi connectivity index (χ3n) is 6.38. The largest absolute Gasteiger partial charge is 0.418 e. The minimum absolute atomic E-state index is 0.910. The molecule has 3 heteroatoms. The Hall–Kier alpha value is -1.95. The number of hydrogen-bond acceptors (Lipinski definition) is 1. The molecule has 0 amide bonds. The molecule has 2 aromatic carbocycles. The van der Waals surface area contributed by atoms with Crippen LogP contribution in [0.4, 0.5) is 0 Å². The average Bonchev–Trinajstić information content (AvgIpc) is 3.31. The van der Waals surface area contributed by atoms with E-state index in [-0.39, 0.29) is 0 Å². The van der Waals surface area contributed by atoms with Gasteiger partial charge < -0.3 is 4.43 Å². The van der Waals surface area contributed by atoms with Crippen molar-refractivity contribution in [3.8, 4) is 0 Å². The highest BCUT2D eigenvalue weighted by molar-refractivity contribution is 6.85. The van der Waals surface area contributed by atoms with Crippen LogP contribution in [-0.4, -0.2) is 23.0 Å². The first-order valence-electron chi connectivity index (χ1n) is 11.2. The van der Waals surface area contributed by atoms with E-state index in [9.17, 15) is 0 Å². The molecule has 0 heterocycles. The molecule has 2 aliphatic carbocycles. The first kappa shape index (κ1) is 21.3. The second-order valence-electron chi connectivity index (χ2n) is 10.1. The average molecular weight is 431 g/mol. The van der Waals surface area contributed by atoms with Crippen molar-refractivity contribution in [3.63, 3.8) is 0 Å². The van der Waals surface area contributed by atoms with Gasteiger partial charge in [0.25, 0.3) is 0 Å². The molecule has 156 valence electrons. The number of allylic oxidation sites excluding steroid dienone is 4. The summed E-state index contributed by atoms with van der Waals surface area (Å²) in [4.78, 5) is 0. The Labute approximate surface area is 183 Å². The van der Waals surface area contributed by atoms with Gasteiger partial charge in [-0.05, 0) is 82.7 Å². The van der Waals surface area contributed by atoms with Crippen molar-refractivity contribution >= 4 is 34.1 Å². The molecule has 0 atom stereocenters. The van der Waals surface area contributed by atoms with Crippen LogP contribution in [0.15, 0.2) is 53.7 Å². The topological polar surface area (TPSA) is 9.23 Å². The highest BCUT2D eigenvalue weighted by Gasteiger charge is 2.28. The van der Waals surface area contributed by atoms with E-state index in [2.05, 4.69) is 100 Å². The highest BCUT2D eigenvalue weighted by Crippen LogP contribution is 2.34.